The molecule has 0 atom stereocenters. The van der Waals surface area contributed by atoms with Crippen LogP contribution in [-0.2, 0) is 0 Å². The molecule has 4 nitrogen and oxygen atoms in total. The zero-order chi connectivity index (χ0) is 16.1. The van der Waals surface area contributed by atoms with Crippen molar-refractivity contribution in [3.8, 4) is 5.75 Å². The van der Waals surface area contributed by atoms with Crippen molar-refractivity contribution in [2.75, 3.05) is 4.90 Å². The first-order valence-corrected chi connectivity index (χ1v) is 7.42. The Balaban J connectivity index is 1.99. The number of anilines is 3. The van der Waals surface area contributed by atoms with Gasteiger partial charge in [0, 0.05) is 17.1 Å². The lowest BCUT2D eigenvalue weighted by atomic mass is 10.2. The van der Waals surface area contributed by atoms with E-state index >= 15 is 0 Å². The molecule has 4 N–H and O–H groups in total. The van der Waals surface area contributed by atoms with Crippen LogP contribution in [0, 0.1) is 0 Å². The van der Waals surface area contributed by atoms with E-state index in [1.807, 2.05) is 60.7 Å². The van der Waals surface area contributed by atoms with Crippen molar-refractivity contribution < 1.29 is 4.74 Å². The first kappa shape index (κ1) is 15.1. The maximum atomic E-state index is 5.45. The highest BCUT2D eigenvalue weighted by atomic mass is 16.5. The fraction of sp³-hybridized carbons (Fsp3) is 0.0526. The largest absolute Gasteiger partial charge is 0.463 e. The van der Waals surface area contributed by atoms with Gasteiger partial charge in [-0.2, -0.15) is 0 Å². The summed E-state index contributed by atoms with van der Waals surface area (Å²) in [5.41, 5.74) is 14.1. The van der Waals surface area contributed by atoms with Gasteiger partial charge in [-0.1, -0.05) is 36.4 Å². The van der Waals surface area contributed by atoms with E-state index in [0.717, 1.165) is 17.1 Å². The average molecular weight is 305 g/mol. The van der Waals surface area contributed by atoms with Gasteiger partial charge in [-0.15, -0.1) is 0 Å². The Labute approximate surface area is 135 Å². The Hall–Kier alpha value is -2.82. The van der Waals surface area contributed by atoms with Gasteiger partial charge in [0.2, 0.25) is 6.35 Å². The highest BCUT2D eigenvalue weighted by Gasteiger charge is 2.11. The molecule has 23 heavy (non-hydrogen) atoms. The Morgan fingerprint density at radius 2 is 1.04 bits per heavy atom. The summed E-state index contributed by atoms with van der Waals surface area (Å²) in [5, 5.41) is 0. The second-order valence-corrected chi connectivity index (χ2v) is 5.08. The maximum absolute atomic E-state index is 5.45. The maximum Gasteiger partial charge on any atom is 0.201 e. The van der Waals surface area contributed by atoms with Gasteiger partial charge < -0.3 is 9.64 Å². The third kappa shape index (κ3) is 3.69. The van der Waals surface area contributed by atoms with Crippen LogP contribution in [0.5, 0.6) is 5.75 Å². The van der Waals surface area contributed by atoms with E-state index < -0.39 is 6.35 Å². The van der Waals surface area contributed by atoms with Gasteiger partial charge in [-0.3, -0.25) is 11.5 Å². The van der Waals surface area contributed by atoms with Gasteiger partial charge in [0.15, 0.2) is 0 Å². The molecule has 0 bridgehead atoms. The number of nitrogens with two attached hydrogens (primary N) is 2. The van der Waals surface area contributed by atoms with Crippen LogP contribution in [0.2, 0.25) is 0 Å². The van der Waals surface area contributed by atoms with Crippen LogP contribution in [0.1, 0.15) is 0 Å². The van der Waals surface area contributed by atoms with Crippen LogP contribution in [0.3, 0.4) is 0 Å². The summed E-state index contributed by atoms with van der Waals surface area (Å²) in [5.74, 6) is 0.643. The zero-order valence-electron chi connectivity index (χ0n) is 12.7. The van der Waals surface area contributed by atoms with Crippen molar-refractivity contribution in [2.24, 2.45) is 11.5 Å². The van der Waals surface area contributed by atoms with Gasteiger partial charge in [0.1, 0.15) is 5.75 Å². The summed E-state index contributed by atoms with van der Waals surface area (Å²) < 4.78 is 5.30. The fourth-order valence-electron chi connectivity index (χ4n) is 2.43. The smallest absolute Gasteiger partial charge is 0.201 e. The molecule has 3 rings (SSSR count). The average Bonchev–Trinajstić information content (AvgIpc) is 2.58. The van der Waals surface area contributed by atoms with E-state index in [9.17, 15) is 0 Å². The quantitative estimate of drug-likeness (QED) is 0.705. The summed E-state index contributed by atoms with van der Waals surface area (Å²) in [7, 11) is 0. The van der Waals surface area contributed by atoms with Crippen molar-refractivity contribution >= 4 is 17.1 Å². The molecule has 3 aromatic carbocycles. The van der Waals surface area contributed by atoms with Crippen LogP contribution in [0.15, 0.2) is 84.9 Å². The molecule has 0 unspecified atom stereocenters. The predicted molar refractivity (Wildman–Crippen MR) is 93.9 cm³/mol. The third-order valence-corrected chi connectivity index (χ3v) is 3.40. The van der Waals surface area contributed by atoms with E-state index in [0.29, 0.717) is 5.75 Å². The second-order valence-electron chi connectivity index (χ2n) is 5.08. The minimum absolute atomic E-state index is 0.643. The zero-order valence-corrected chi connectivity index (χ0v) is 12.7. The molecule has 0 saturated carbocycles. The highest BCUT2D eigenvalue weighted by molar-refractivity contribution is 5.76. The Bertz CT molecular complexity index is 688. The summed E-state index contributed by atoms with van der Waals surface area (Å²) >= 11 is 0. The van der Waals surface area contributed by atoms with Crippen LogP contribution in [0.4, 0.5) is 17.1 Å². The SMILES string of the molecule is NC(N)Oc1ccc(N(c2ccccc2)c2ccccc2)cc1. The molecule has 0 saturated heterocycles. The molecule has 3 aromatic rings. The van der Waals surface area contributed by atoms with Gasteiger partial charge in [0.05, 0.1) is 0 Å². The number of para-hydroxylation sites is 2. The van der Waals surface area contributed by atoms with Gasteiger partial charge in [0.25, 0.3) is 0 Å². The molecule has 116 valence electrons. The Morgan fingerprint density at radius 1 is 0.609 bits per heavy atom. The van der Waals surface area contributed by atoms with Crippen molar-refractivity contribution in [1.29, 1.82) is 0 Å². The van der Waals surface area contributed by atoms with Crippen LogP contribution < -0.4 is 21.1 Å². The molecule has 0 radical (unpaired) electrons. The number of hydrogen-bond acceptors (Lipinski definition) is 4. The second kappa shape index (κ2) is 6.96. The minimum atomic E-state index is -0.819. The van der Waals surface area contributed by atoms with E-state index in [1.54, 1.807) is 0 Å². The van der Waals surface area contributed by atoms with Gasteiger partial charge >= 0.3 is 0 Å². The topological polar surface area (TPSA) is 64.5 Å². The lowest BCUT2D eigenvalue weighted by Crippen LogP contribution is -2.36. The molecule has 0 spiro atoms. The van der Waals surface area contributed by atoms with Gasteiger partial charge in [-0.25, -0.2) is 0 Å². The van der Waals surface area contributed by atoms with E-state index in [4.69, 9.17) is 16.2 Å². The first-order chi connectivity index (χ1) is 11.2. The van der Waals surface area contributed by atoms with Crippen molar-refractivity contribution in [3.63, 3.8) is 0 Å². The number of nitrogens with zero attached hydrogens (tertiary/aromatic N) is 1. The minimum Gasteiger partial charge on any atom is -0.463 e. The molecule has 0 heterocycles. The van der Waals surface area contributed by atoms with Gasteiger partial charge in [-0.05, 0) is 48.5 Å². The number of rotatable bonds is 5. The normalized spacial score (nSPS) is 10.6. The molecular formula is C19H19N3O. The first-order valence-electron chi connectivity index (χ1n) is 7.42. The molecule has 0 aromatic heterocycles. The molecule has 0 aliphatic carbocycles. The summed E-state index contributed by atoms with van der Waals surface area (Å²) in [4.78, 5) is 2.17. The third-order valence-electron chi connectivity index (χ3n) is 3.40. The highest BCUT2D eigenvalue weighted by Crippen LogP contribution is 2.34. The van der Waals surface area contributed by atoms with Crippen molar-refractivity contribution in [3.05, 3.63) is 84.9 Å². The number of hydrogen-bond donors (Lipinski definition) is 2. The predicted octanol–water partition coefficient (Wildman–Crippen LogP) is 3.74. The van der Waals surface area contributed by atoms with E-state index in [1.165, 1.54) is 0 Å². The summed E-state index contributed by atoms with van der Waals surface area (Å²) in [6.07, 6.45) is -0.819. The lowest BCUT2D eigenvalue weighted by Gasteiger charge is -2.25. The monoisotopic (exact) mass is 305 g/mol. The molecule has 0 aliphatic heterocycles. The number of ether oxygens (including phenoxy) is 1. The Morgan fingerprint density at radius 3 is 1.48 bits per heavy atom. The van der Waals surface area contributed by atoms with Crippen molar-refractivity contribution in [2.45, 2.75) is 6.35 Å². The van der Waals surface area contributed by atoms with E-state index in [-0.39, 0.29) is 0 Å². The molecule has 0 aliphatic rings. The van der Waals surface area contributed by atoms with Crippen LogP contribution in [-0.4, -0.2) is 6.35 Å². The van der Waals surface area contributed by atoms with Crippen LogP contribution >= 0.6 is 0 Å². The lowest BCUT2D eigenvalue weighted by molar-refractivity contribution is 0.217. The van der Waals surface area contributed by atoms with Crippen LogP contribution in [0.25, 0.3) is 0 Å². The summed E-state index contributed by atoms with van der Waals surface area (Å²) in [6.45, 7) is 0. The summed E-state index contributed by atoms with van der Waals surface area (Å²) in [6, 6.07) is 28.1. The number of benzene rings is 3. The molecule has 0 amide bonds. The van der Waals surface area contributed by atoms with Crippen molar-refractivity contribution in [1.82, 2.24) is 0 Å². The Kier molecular flexibility index (Phi) is 4.57. The molecular weight excluding hydrogens is 286 g/mol. The standard InChI is InChI=1S/C19H19N3O/c20-19(21)23-18-13-11-17(12-14-18)22(15-7-3-1-4-8-15)16-9-5-2-6-10-16/h1-14,19H,20-21H2. The molecule has 4 heteroatoms. The van der Waals surface area contributed by atoms with E-state index in [2.05, 4.69) is 29.2 Å². The fourth-order valence-corrected chi connectivity index (χ4v) is 2.43. The molecule has 0 fully saturated rings.